The van der Waals surface area contributed by atoms with Crippen LogP contribution in [0.5, 0.6) is 5.75 Å². The second-order valence-electron chi connectivity index (χ2n) is 9.63. The molecule has 1 aromatic heterocycles. The standard InChI is InChI=1S/C27H32FN3O6S/c1-26(2,25(36)31-27(10-3-13-32,11-4-14-33)12-5-15-34)17-19-7-9-22(38-19)24(35)37-21-8-6-18(23(29)30)16-20(21)28/h6-9,13-16H,3-5,10-12,17H2,1-2H3,(H3,29,30)(H,31,36). The maximum Gasteiger partial charge on any atom is 0.353 e. The highest BCUT2D eigenvalue weighted by Crippen LogP contribution is 2.31. The minimum Gasteiger partial charge on any atom is -0.419 e. The van der Waals surface area contributed by atoms with Gasteiger partial charge in [0.25, 0.3) is 0 Å². The first-order chi connectivity index (χ1) is 18.0. The fourth-order valence-corrected chi connectivity index (χ4v) is 5.09. The van der Waals surface area contributed by atoms with E-state index in [1.54, 1.807) is 19.9 Å². The summed E-state index contributed by atoms with van der Waals surface area (Å²) in [7, 11) is 0. The number of halogens is 1. The number of rotatable bonds is 16. The van der Waals surface area contributed by atoms with Crippen LogP contribution in [0.25, 0.3) is 0 Å². The molecule has 0 fully saturated rings. The Morgan fingerprint density at radius 3 is 2.11 bits per heavy atom. The van der Waals surface area contributed by atoms with Gasteiger partial charge in [-0.05, 0) is 56.0 Å². The summed E-state index contributed by atoms with van der Waals surface area (Å²) in [5.74, 6) is -2.53. The van der Waals surface area contributed by atoms with Crippen LogP contribution >= 0.6 is 11.3 Å². The summed E-state index contributed by atoms with van der Waals surface area (Å²) in [6.07, 6.45) is 3.92. The molecule has 4 N–H and O–H groups in total. The second-order valence-corrected chi connectivity index (χ2v) is 10.8. The summed E-state index contributed by atoms with van der Waals surface area (Å²) < 4.78 is 19.4. The smallest absolute Gasteiger partial charge is 0.353 e. The molecule has 0 unspecified atom stereocenters. The molecule has 0 spiro atoms. The number of esters is 1. The third kappa shape index (κ3) is 8.41. The van der Waals surface area contributed by atoms with Gasteiger partial charge in [-0.2, -0.15) is 0 Å². The van der Waals surface area contributed by atoms with Crippen LogP contribution in [0.15, 0.2) is 30.3 Å². The molecule has 11 heteroatoms. The SMILES string of the molecule is CC(C)(Cc1ccc(C(=O)Oc2ccc(C(=N)N)cc2F)s1)C(=O)NC(CCC=O)(CCC=O)CCC=O. The van der Waals surface area contributed by atoms with E-state index in [4.69, 9.17) is 15.9 Å². The third-order valence-electron chi connectivity index (χ3n) is 6.14. The monoisotopic (exact) mass is 545 g/mol. The van der Waals surface area contributed by atoms with E-state index in [0.29, 0.717) is 24.1 Å². The lowest BCUT2D eigenvalue weighted by Gasteiger charge is -2.37. The number of nitrogens with two attached hydrogens (primary N) is 1. The van der Waals surface area contributed by atoms with Gasteiger partial charge in [0.15, 0.2) is 11.6 Å². The van der Waals surface area contributed by atoms with E-state index in [2.05, 4.69) is 5.32 Å². The Labute approximate surface area is 224 Å². The van der Waals surface area contributed by atoms with Crippen LogP contribution < -0.4 is 15.8 Å². The van der Waals surface area contributed by atoms with Crippen molar-refractivity contribution in [2.75, 3.05) is 0 Å². The number of aldehydes is 3. The molecular weight excluding hydrogens is 513 g/mol. The van der Waals surface area contributed by atoms with Gasteiger partial charge < -0.3 is 30.2 Å². The van der Waals surface area contributed by atoms with Gasteiger partial charge in [0.05, 0.1) is 0 Å². The minimum atomic E-state index is -0.935. The highest BCUT2D eigenvalue weighted by atomic mass is 32.1. The largest absolute Gasteiger partial charge is 0.419 e. The molecule has 0 saturated heterocycles. The lowest BCUT2D eigenvalue weighted by atomic mass is 9.81. The number of thiophene rings is 1. The van der Waals surface area contributed by atoms with Gasteiger partial charge in [-0.25, -0.2) is 9.18 Å². The van der Waals surface area contributed by atoms with E-state index in [1.807, 2.05) is 0 Å². The number of benzene rings is 1. The molecule has 0 aliphatic carbocycles. The Hall–Kier alpha value is -3.73. The molecule has 9 nitrogen and oxygen atoms in total. The molecule has 0 aliphatic rings. The number of amidine groups is 1. The van der Waals surface area contributed by atoms with Crippen LogP contribution in [-0.2, 0) is 25.6 Å². The zero-order valence-electron chi connectivity index (χ0n) is 21.4. The normalized spacial score (nSPS) is 11.4. The molecule has 0 radical (unpaired) electrons. The second kappa shape index (κ2) is 13.7. The van der Waals surface area contributed by atoms with Gasteiger partial charge in [-0.3, -0.25) is 10.2 Å². The zero-order chi connectivity index (χ0) is 28.3. The van der Waals surface area contributed by atoms with E-state index in [-0.39, 0.29) is 53.6 Å². The molecular formula is C27H32FN3O6S. The van der Waals surface area contributed by atoms with Crippen molar-refractivity contribution in [1.29, 1.82) is 5.41 Å². The van der Waals surface area contributed by atoms with Crippen LogP contribution in [0.1, 0.15) is 72.5 Å². The van der Waals surface area contributed by atoms with Crippen LogP contribution in [0.2, 0.25) is 0 Å². The first-order valence-corrected chi connectivity index (χ1v) is 12.9. The lowest BCUT2D eigenvalue weighted by molar-refractivity contribution is -0.132. The van der Waals surface area contributed by atoms with E-state index in [1.165, 1.54) is 18.2 Å². The van der Waals surface area contributed by atoms with Crippen LogP contribution in [0.3, 0.4) is 0 Å². The van der Waals surface area contributed by atoms with Crippen LogP contribution in [-0.4, -0.2) is 42.1 Å². The number of amides is 1. The fourth-order valence-electron chi connectivity index (χ4n) is 3.98. The Morgan fingerprint density at radius 1 is 1.03 bits per heavy atom. The lowest BCUT2D eigenvalue weighted by Crippen LogP contribution is -2.53. The summed E-state index contributed by atoms with van der Waals surface area (Å²) in [6, 6.07) is 6.81. The van der Waals surface area contributed by atoms with E-state index in [9.17, 15) is 28.4 Å². The molecule has 204 valence electrons. The molecule has 2 rings (SSSR count). The van der Waals surface area contributed by atoms with E-state index in [0.717, 1.165) is 36.3 Å². The fraction of sp³-hybridized carbons (Fsp3) is 0.407. The molecule has 0 atom stereocenters. The number of carbonyl (C=O) groups is 5. The number of nitrogens with one attached hydrogen (secondary N) is 2. The molecule has 0 aliphatic heterocycles. The summed E-state index contributed by atoms with van der Waals surface area (Å²) in [4.78, 5) is 59.9. The average molecular weight is 546 g/mol. The molecule has 0 bridgehead atoms. The highest BCUT2D eigenvalue weighted by Gasteiger charge is 2.37. The van der Waals surface area contributed by atoms with Crippen molar-refractivity contribution in [3.63, 3.8) is 0 Å². The van der Waals surface area contributed by atoms with Crippen molar-refractivity contribution in [2.24, 2.45) is 11.1 Å². The highest BCUT2D eigenvalue weighted by molar-refractivity contribution is 7.14. The van der Waals surface area contributed by atoms with Gasteiger partial charge in [0.1, 0.15) is 29.6 Å². The first-order valence-electron chi connectivity index (χ1n) is 12.1. The van der Waals surface area contributed by atoms with Crippen molar-refractivity contribution in [1.82, 2.24) is 5.32 Å². The number of hydrogen-bond donors (Lipinski definition) is 3. The molecule has 2 aromatic rings. The predicted molar refractivity (Wildman–Crippen MR) is 141 cm³/mol. The first kappa shape index (κ1) is 30.5. The molecule has 38 heavy (non-hydrogen) atoms. The Balaban J connectivity index is 2.14. The van der Waals surface area contributed by atoms with Gasteiger partial charge >= 0.3 is 5.97 Å². The Bertz CT molecular complexity index is 1160. The molecule has 0 saturated carbocycles. The van der Waals surface area contributed by atoms with E-state index >= 15 is 0 Å². The maximum atomic E-state index is 14.2. The van der Waals surface area contributed by atoms with Gasteiger partial charge in [-0.15, -0.1) is 11.3 Å². The predicted octanol–water partition coefficient (Wildman–Crippen LogP) is 3.75. The average Bonchev–Trinajstić information content (AvgIpc) is 3.33. The quantitative estimate of drug-likeness (QED) is 0.0953. The van der Waals surface area contributed by atoms with Gasteiger partial charge in [0.2, 0.25) is 5.91 Å². The van der Waals surface area contributed by atoms with Gasteiger partial charge in [0, 0.05) is 40.7 Å². The summed E-state index contributed by atoms with van der Waals surface area (Å²) in [5, 5.41) is 10.4. The van der Waals surface area contributed by atoms with E-state index < -0.39 is 22.7 Å². The van der Waals surface area contributed by atoms with Crippen LogP contribution in [0.4, 0.5) is 4.39 Å². The molecule has 1 amide bonds. The van der Waals surface area contributed by atoms with Crippen molar-refractivity contribution in [3.05, 3.63) is 51.5 Å². The maximum absolute atomic E-state index is 14.2. The van der Waals surface area contributed by atoms with Crippen molar-refractivity contribution >= 4 is 47.9 Å². The van der Waals surface area contributed by atoms with Crippen molar-refractivity contribution in [2.45, 2.75) is 64.3 Å². The number of nitrogen functional groups attached to an aromatic ring is 1. The molecule has 1 aromatic carbocycles. The number of carbonyl (C=O) groups excluding carboxylic acids is 5. The Kier molecular flexibility index (Phi) is 11.0. The Morgan fingerprint density at radius 2 is 1.61 bits per heavy atom. The van der Waals surface area contributed by atoms with Crippen molar-refractivity contribution < 1.29 is 33.1 Å². The number of ether oxygens (including phenoxy) is 1. The van der Waals surface area contributed by atoms with Gasteiger partial charge in [-0.1, -0.05) is 13.8 Å². The van der Waals surface area contributed by atoms with Crippen molar-refractivity contribution in [3.8, 4) is 5.75 Å². The summed E-state index contributed by atoms with van der Waals surface area (Å²) in [6.45, 7) is 3.46. The summed E-state index contributed by atoms with van der Waals surface area (Å²) >= 11 is 1.11. The zero-order valence-corrected chi connectivity index (χ0v) is 22.2. The summed E-state index contributed by atoms with van der Waals surface area (Å²) in [5.41, 5.74) is 3.69. The van der Waals surface area contributed by atoms with Crippen LogP contribution in [0, 0.1) is 16.6 Å². The minimum absolute atomic E-state index is 0.161. The topological polar surface area (TPSA) is 156 Å². The molecule has 1 heterocycles. The third-order valence-corrected chi connectivity index (χ3v) is 7.21. The number of hydrogen-bond acceptors (Lipinski definition) is 8.